The quantitative estimate of drug-likeness (QED) is 0.645. The van der Waals surface area contributed by atoms with Crippen molar-refractivity contribution in [2.45, 2.75) is 19.4 Å². The summed E-state index contributed by atoms with van der Waals surface area (Å²) in [6, 6.07) is 19.4. The van der Waals surface area contributed by atoms with Crippen LogP contribution < -0.4 is 15.5 Å². The Hall–Kier alpha value is -3.67. The number of fused-ring (bicyclic) bond motifs is 1. The van der Waals surface area contributed by atoms with Crippen LogP contribution in [0.2, 0.25) is 0 Å². The van der Waals surface area contributed by atoms with Gasteiger partial charge in [0.25, 0.3) is 0 Å². The summed E-state index contributed by atoms with van der Waals surface area (Å²) in [7, 11) is 0. The maximum Gasteiger partial charge on any atom is 0.313 e. The van der Waals surface area contributed by atoms with Crippen LogP contribution in [-0.4, -0.2) is 29.9 Å². The van der Waals surface area contributed by atoms with Crippen LogP contribution in [0.5, 0.6) is 0 Å². The van der Waals surface area contributed by atoms with Crippen molar-refractivity contribution in [2.24, 2.45) is 0 Å². The fourth-order valence-corrected chi connectivity index (χ4v) is 3.83. The second kappa shape index (κ2) is 8.78. The van der Waals surface area contributed by atoms with E-state index >= 15 is 0 Å². The molecule has 1 atom stereocenters. The first-order chi connectivity index (χ1) is 14.6. The Morgan fingerprint density at radius 3 is 2.63 bits per heavy atom. The minimum atomic E-state index is -0.670. The molecule has 2 aromatic carbocycles. The van der Waals surface area contributed by atoms with E-state index in [1.54, 1.807) is 12.3 Å². The molecule has 1 aromatic heterocycles. The number of aryl methyl sites for hydroxylation is 1. The summed E-state index contributed by atoms with van der Waals surface area (Å²) in [5.41, 5.74) is 4.98. The zero-order chi connectivity index (χ0) is 20.9. The Balaban J connectivity index is 1.48. The zero-order valence-corrected chi connectivity index (χ0v) is 16.8. The van der Waals surface area contributed by atoms with Gasteiger partial charge >= 0.3 is 11.8 Å². The number of aromatic nitrogens is 1. The Bertz CT molecular complexity index is 1050. The van der Waals surface area contributed by atoms with Crippen molar-refractivity contribution in [3.05, 3.63) is 89.7 Å². The van der Waals surface area contributed by atoms with Crippen molar-refractivity contribution in [3.8, 4) is 0 Å². The molecular weight excluding hydrogens is 376 g/mol. The Morgan fingerprint density at radius 1 is 1.03 bits per heavy atom. The van der Waals surface area contributed by atoms with Gasteiger partial charge in [0.2, 0.25) is 0 Å². The second-order valence-electron chi connectivity index (χ2n) is 7.35. The molecule has 30 heavy (non-hydrogen) atoms. The highest BCUT2D eigenvalue weighted by atomic mass is 16.2. The standard InChI is InChI=1S/C24H24N4O2/c1-17-7-2-4-10-20(17)27-24(30)23(29)26-16-22(19-9-6-13-25-15-19)28-14-12-18-8-3-5-11-21(18)28/h2-11,13,15,22H,12,14,16H2,1H3,(H,26,29)(H,27,30). The van der Waals surface area contributed by atoms with Gasteiger partial charge in [-0.2, -0.15) is 0 Å². The van der Waals surface area contributed by atoms with E-state index in [0.29, 0.717) is 12.2 Å². The average molecular weight is 400 g/mol. The largest absolute Gasteiger partial charge is 0.362 e. The van der Waals surface area contributed by atoms with Crippen LogP contribution >= 0.6 is 0 Å². The van der Waals surface area contributed by atoms with Gasteiger partial charge in [-0.05, 0) is 48.2 Å². The summed E-state index contributed by atoms with van der Waals surface area (Å²) in [4.78, 5) is 31.4. The molecular formula is C24H24N4O2. The molecule has 0 spiro atoms. The minimum absolute atomic E-state index is 0.113. The number of hydrogen-bond donors (Lipinski definition) is 2. The fraction of sp³-hybridized carbons (Fsp3) is 0.208. The molecule has 4 rings (SSSR count). The van der Waals surface area contributed by atoms with E-state index in [1.807, 2.05) is 55.6 Å². The van der Waals surface area contributed by atoms with Crippen molar-refractivity contribution in [3.63, 3.8) is 0 Å². The van der Waals surface area contributed by atoms with Crippen molar-refractivity contribution in [1.82, 2.24) is 10.3 Å². The highest BCUT2D eigenvalue weighted by Gasteiger charge is 2.28. The lowest BCUT2D eigenvalue weighted by atomic mass is 10.1. The number of carbonyl (C=O) groups is 2. The molecule has 6 nitrogen and oxygen atoms in total. The normalized spacial score (nSPS) is 13.4. The number of hydrogen-bond acceptors (Lipinski definition) is 4. The maximum absolute atomic E-state index is 12.5. The van der Waals surface area contributed by atoms with E-state index in [1.165, 1.54) is 5.56 Å². The van der Waals surface area contributed by atoms with Gasteiger partial charge in [0.15, 0.2) is 0 Å². The smallest absolute Gasteiger partial charge is 0.313 e. The average Bonchev–Trinajstić information content (AvgIpc) is 3.20. The van der Waals surface area contributed by atoms with Crippen molar-refractivity contribution >= 4 is 23.2 Å². The SMILES string of the molecule is Cc1ccccc1NC(=O)C(=O)NCC(c1cccnc1)N1CCc2ccccc21. The van der Waals surface area contributed by atoms with Gasteiger partial charge in [0, 0.05) is 36.9 Å². The van der Waals surface area contributed by atoms with Crippen LogP contribution in [0.25, 0.3) is 0 Å². The van der Waals surface area contributed by atoms with Gasteiger partial charge in [-0.3, -0.25) is 14.6 Å². The van der Waals surface area contributed by atoms with Gasteiger partial charge < -0.3 is 15.5 Å². The third-order valence-electron chi connectivity index (χ3n) is 5.42. The van der Waals surface area contributed by atoms with Gasteiger partial charge in [-0.25, -0.2) is 0 Å². The highest BCUT2D eigenvalue weighted by molar-refractivity contribution is 6.39. The monoisotopic (exact) mass is 400 g/mol. The molecule has 2 heterocycles. The molecule has 2 amide bonds. The number of pyridine rings is 1. The highest BCUT2D eigenvalue weighted by Crippen LogP contribution is 2.34. The van der Waals surface area contributed by atoms with E-state index in [2.05, 4.69) is 32.7 Å². The lowest BCUT2D eigenvalue weighted by Gasteiger charge is -2.30. The van der Waals surface area contributed by atoms with Crippen LogP contribution in [0.15, 0.2) is 73.1 Å². The summed E-state index contributed by atoms with van der Waals surface area (Å²) < 4.78 is 0. The molecule has 2 N–H and O–H groups in total. The van der Waals surface area contributed by atoms with Crippen LogP contribution in [0.1, 0.15) is 22.7 Å². The zero-order valence-electron chi connectivity index (χ0n) is 16.8. The molecule has 0 radical (unpaired) electrons. The molecule has 0 fully saturated rings. The Morgan fingerprint density at radius 2 is 1.83 bits per heavy atom. The number of nitrogens with zero attached hydrogens (tertiary/aromatic N) is 2. The number of anilines is 2. The first kappa shape index (κ1) is 19.6. The first-order valence-electron chi connectivity index (χ1n) is 10.0. The molecule has 0 saturated carbocycles. The molecule has 0 saturated heterocycles. The number of nitrogens with one attached hydrogen (secondary N) is 2. The minimum Gasteiger partial charge on any atom is -0.362 e. The molecule has 0 bridgehead atoms. The van der Waals surface area contributed by atoms with E-state index in [4.69, 9.17) is 0 Å². The van der Waals surface area contributed by atoms with Gasteiger partial charge in [-0.15, -0.1) is 0 Å². The summed E-state index contributed by atoms with van der Waals surface area (Å²) in [5, 5.41) is 5.49. The van der Waals surface area contributed by atoms with Gasteiger partial charge in [0.05, 0.1) is 6.04 Å². The second-order valence-corrected chi connectivity index (χ2v) is 7.35. The van der Waals surface area contributed by atoms with E-state index in [0.717, 1.165) is 29.8 Å². The molecule has 0 aliphatic carbocycles. The molecule has 1 unspecified atom stereocenters. The lowest BCUT2D eigenvalue weighted by Crippen LogP contribution is -2.41. The number of carbonyl (C=O) groups excluding carboxylic acids is 2. The van der Waals surface area contributed by atoms with Crippen molar-refractivity contribution < 1.29 is 9.59 Å². The van der Waals surface area contributed by atoms with E-state index < -0.39 is 11.8 Å². The molecule has 6 heteroatoms. The van der Waals surface area contributed by atoms with Crippen LogP contribution in [0, 0.1) is 6.92 Å². The maximum atomic E-state index is 12.5. The number of amides is 2. The lowest BCUT2D eigenvalue weighted by molar-refractivity contribution is -0.136. The van der Waals surface area contributed by atoms with Crippen LogP contribution in [-0.2, 0) is 16.0 Å². The number of rotatable bonds is 5. The third kappa shape index (κ3) is 4.17. The van der Waals surface area contributed by atoms with Crippen molar-refractivity contribution in [2.75, 3.05) is 23.3 Å². The molecule has 152 valence electrons. The summed E-state index contributed by atoms with van der Waals surface area (Å²) >= 11 is 0. The number of benzene rings is 2. The first-order valence-corrected chi connectivity index (χ1v) is 10.0. The predicted molar refractivity (Wildman–Crippen MR) is 117 cm³/mol. The van der Waals surface area contributed by atoms with Gasteiger partial charge in [-0.1, -0.05) is 42.5 Å². The van der Waals surface area contributed by atoms with Gasteiger partial charge in [0.1, 0.15) is 0 Å². The summed E-state index contributed by atoms with van der Waals surface area (Å²) in [6.07, 6.45) is 4.49. The molecule has 1 aliphatic heterocycles. The molecule has 1 aliphatic rings. The summed E-state index contributed by atoms with van der Waals surface area (Å²) in [5.74, 6) is -1.32. The van der Waals surface area contributed by atoms with E-state index in [9.17, 15) is 9.59 Å². The third-order valence-corrected chi connectivity index (χ3v) is 5.42. The Kier molecular flexibility index (Phi) is 5.75. The topological polar surface area (TPSA) is 74.3 Å². The number of para-hydroxylation sites is 2. The van der Waals surface area contributed by atoms with Crippen LogP contribution in [0.4, 0.5) is 11.4 Å². The Labute approximate surface area is 175 Å². The fourth-order valence-electron chi connectivity index (χ4n) is 3.83. The summed E-state index contributed by atoms with van der Waals surface area (Å²) in [6.45, 7) is 3.04. The van der Waals surface area contributed by atoms with E-state index in [-0.39, 0.29) is 6.04 Å². The molecule has 3 aromatic rings. The predicted octanol–water partition coefficient (Wildman–Crippen LogP) is 3.25. The van der Waals surface area contributed by atoms with Crippen LogP contribution in [0.3, 0.4) is 0 Å². The van der Waals surface area contributed by atoms with Crippen molar-refractivity contribution in [1.29, 1.82) is 0 Å².